The van der Waals surface area contributed by atoms with E-state index in [1.54, 1.807) is 0 Å². The van der Waals surface area contributed by atoms with Gasteiger partial charge in [0, 0.05) is 6.04 Å². The molecule has 2 unspecified atom stereocenters. The third-order valence-corrected chi connectivity index (χ3v) is 4.28. The summed E-state index contributed by atoms with van der Waals surface area (Å²) in [6.45, 7) is 3.25. The third-order valence-electron chi connectivity index (χ3n) is 3.54. The van der Waals surface area contributed by atoms with E-state index in [9.17, 15) is 0 Å². The molecule has 0 saturated heterocycles. The molecule has 0 aromatic heterocycles. The van der Waals surface area contributed by atoms with E-state index in [-0.39, 0.29) is 0 Å². The van der Waals surface area contributed by atoms with Crippen molar-refractivity contribution < 1.29 is 0 Å². The fourth-order valence-electron chi connectivity index (χ4n) is 2.73. The minimum Gasteiger partial charge on any atom is -0.314 e. The van der Waals surface area contributed by atoms with E-state index in [2.05, 4.69) is 18.3 Å². The fourth-order valence-corrected chi connectivity index (χ4v) is 3.06. The third kappa shape index (κ3) is 3.61. The van der Waals surface area contributed by atoms with Crippen LogP contribution in [-0.2, 0) is 6.42 Å². The van der Waals surface area contributed by atoms with Crippen molar-refractivity contribution in [1.29, 1.82) is 0 Å². The van der Waals surface area contributed by atoms with Gasteiger partial charge in [-0.2, -0.15) is 0 Å². The maximum absolute atomic E-state index is 6.03. The summed E-state index contributed by atoms with van der Waals surface area (Å²) < 4.78 is 0. The molecule has 0 aliphatic heterocycles. The number of hydrogen-bond donors (Lipinski definition) is 1. The first kappa shape index (κ1) is 13.2. The summed E-state index contributed by atoms with van der Waals surface area (Å²) in [5.74, 6) is 0.788. The van der Waals surface area contributed by atoms with Gasteiger partial charge in [0.05, 0.1) is 10.0 Å². The zero-order chi connectivity index (χ0) is 12.3. The molecule has 0 spiro atoms. The van der Waals surface area contributed by atoms with Gasteiger partial charge in [-0.25, -0.2) is 0 Å². The highest BCUT2D eigenvalue weighted by Crippen LogP contribution is 2.30. The first-order valence-corrected chi connectivity index (χ1v) is 7.12. The second-order valence-electron chi connectivity index (χ2n) is 4.89. The van der Waals surface area contributed by atoms with Gasteiger partial charge in [0.15, 0.2) is 0 Å². The Hall–Kier alpha value is -0.240. The Kier molecular flexibility index (Phi) is 4.72. The van der Waals surface area contributed by atoms with Crippen molar-refractivity contribution in [2.45, 2.75) is 38.6 Å². The zero-order valence-electron chi connectivity index (χ0n) is 10.2. The molecule has 0 radical (unpaired) electrons. The van der Waals surface area contributed by atoms with Gasteiger partial charge in [-0.3, -0.25) is 0 Å². The molecule has 0 amide bonds. The van der Waals surface area contributed by atoms with Gasteiger partial charge in [-0.1, -0.05) is 36.2 Å². The van der Waals surface area contributed by atoms with Gasteiger partial charge in [-0.05, 0) is 55.8 Å². The van der Waals surface area contributed by atoms with Crippen molar-refractivity contribution in [3.05, 3.63) is 33.8 Å². The number of nitrogens with one attached hydrogen (secondary N) is 1. The Morgan fingerprint density at radius 2 is 2.06 bits per heavy atom. The molecule has 3 heteroatoms. The Morgan fingerprint density at radius 3 is 2.76 bits per heavy atom. The van der Waals surface area contributed by atoms with Gasteiger partial charge in [-0.15, -0.1) is 0 Å². The van der Waals surface area contributed by atoms with E-state index in [0.717, 1.165) is 18.9 Å². The van der Waals surface area contributed by atoms with E-state index in [1.165, 1.54) is 24.8 Å². The molecule has 1 saturated carbocycles. The number of halogens is 2. The summed E-state index contributed by atoms with van der Waals surface area (Å²) in [5.41, 5.74) is 1.31. The molecule has 94 valence electrons. The summed E-state index contributed by atoms with van der Waals surface area (Å²) in [6, 6.07) is 6.71. The predicted molar refractivity (Wildman–Crippen MR) is 75.0 cm³/mol. The van der Waals surface area contributed by atoms with Crippen LogP contribution >= 0.6 is 23.2 Å². The summed E-state index contributed by atoms with van der Waals surface area (Å²) in [7, 11) is 0. The normalized spacial score (nSPS) is 24.2. The number of benzene rings is 1. The van der Waals surface area contributed by atoms with Crippen molar-refractivity contribution in [2.75, 3.05) is 6.54 Å². The summed E-state index contributed by atoms with van der Waals surface area (Å²) in [6.07, 6.45) is 5.03. The monoisotopic (exact) mass is 271 g/mol. The average molecular weight is 272 g/mol. The lowest BCUT2D eigenvalue weighted by atomic mass is 9.98. The number of hydrogen-bond acceptors (Lipinski definition) is 1. The SMILES string of the molecule is CCNC1CCC(Cc2ccc(Cl)c(Cl)c2)C1. The summed E-state index contributed by atoms with van der Waals surface area (Å²) in [5, 5.41) is 4.85. The molecular weight excluding hydrogens is 253 g/mol. The molecule has 1 nitrogen and oxygen atoms in total. The van der Waals surface area contributed by atoms with Gasteiger partial charge in [0.1, 0.15) is 0 Å². The van der Waals surface area contributed by atoms with Crippen molar-refractivity contribution in [3.8, 4) is 0 Å². The van der Waals surface area contributed by atoms with Gasteiger partial charge < -0.3 is 5.32 Å². The maximum Gasteiger partial charge on any atom is 0.0595 e. The first-order valence-electron chi connectivity index (χ1n) is 6.36. The quantitative estimate of drug-likeness (QED) is 0.861. The lowest BCUT2D eigenvalue weighted by Gasteiger charge is -2.12. The highest BCUT2D eigenvalue weighted by Gasteiger charge is 2.23. The molecule has 1 aliphatic rings. The van der Waals surface area contributed by atoms with E-state index in [1.807, 2.05) is 12.1 Å². The zero-order valence-corrected chi connectivity index (χ0v) is 11.7. The molecule has 2 atom stereocenters. The second kappa shape index (κ2) is 6.08. The van der Waals surface area contributed by atoms with Gasteiger partial charge in [0.25, 0.3) is 0 Å². The standard InChI is InChI=1S/C14H19Cl2N/c1-2-17-12-5-3-10(8-12)7-11-4-6-13(15)14(16)9-11/h4,6,9-10,12,17H,2-3,5,7-8H2,1H3. The smallest absolute Gasteiger partial charge is 0.0595 e. The molecule has 0 bridgehead atoms. The fraction of sp³-hybridized carbons (Fsp3) is 0.571. The summed E-state index contributed by atoms with van der Waals surface area (Å²) in [4.78, 5) is 0. The highest BCUT2D eigenvalue weighted by atomic mass is 35.5. The average Bonchev–Trinajstić information content (AvgIpc) is 2.72. The van der Waals surface area contributed by atoms with Crippen LogP contribution in [0.1, 0.15) is 31.7 Å². The molecule has 1 aromatic carbocycles. The van der Waals surface area contributed by atoms with Crippen LogP contribution in [0.25, 0.3) is 0 Å². The molecule has 1 fully saturated rings. The maximum atomic E-state index is 6.03. The van der Waals surface area contributed by atoms with Crippen molar-refractivity contribution in [1.82, 2.24) is 5.32 Å². The number of rotatable bonds is 4. The molecular formula is C14H19Cl2N. The van der Waals surface area contributed by atoms with Crippen LogP contribution in [-0.4, -0.2) is 12.6 Å². The van der Waals surface area contributed by atoms with E-state index in [4.69, 9.17) is 23.2 Å². The molecule has 1 aliphatic carbocycles. The van der Waals surface area contributed by atoms with E-state index < -0.39 is 0 Å². The lowest BCUT2D eigenvalue weighted by molar-refractivity contribution is 0.493. The van der Waals surface area contributed by atoms with Crippen LogP contribution in [0.15, 0.2) is 18.2 Å². The highest BCUT2D eigenvalue weighted by molar-refractivity contribution is 6.42. The predicted octanol–water partition coefficient (Wildman–Crippen LogP) is 4.31. The largest absolute Gasteiger partial charge is 0.314 e. The topological polar surface area (TPSA) is 12.0 Å². The van der Waals surface area contributed by atoms with E-state index >= 15 is 0 Å². The van der Waals surface area contributed by atoms with Gasteiger partial charge in [0.2, 0.25) is 0 Å². The van der Waals surface area contributed by atoms with Crippen LogP contribution in [0, 0.1) is 5.92 Å². The second-order valence-corrected chi connectivity index (χ2v) is 5.70. The molecule has 2 rings (SSSR count). The Labute approximate surface area is 114 Å². The molecule has 1 aromatic rings. The van der Waals surface area contributed by atoms with Crippen LogP contribution in [0.3, 0.4) is 0 Å². The van der Waals surface area contributed by atoms with Crippen LogP contribution in [0.4, 0.5) is 0 Å². The minimum atomic E-state index is 0.646. The van der Waals surface area contributed by atoms with Gasteiger partial charge >= 0.3 is 0 Å². The first-order chi connectivity index (χ1) is 8.19. The van der Waals surface area contributed by atoms with Crippen molar-refractivity contribution in [3.63, 3.8) is 0 Å². The van der Waals surface area contributed by atoms with Crippen LogP contribution < -0.4 is 5.32 Å². The Balaban J connectivity index is 1.91. The van der Waals surface area contributed by atoms with Crippen LogP contribution in [0.5, 0.6) is 0 Å². The molecule has 17 heavy (non-hydrogen) atoms. The van der Waals surface area contributed by atoms with Crippen LogP contribution in [0.2, 0.25) is 10.0 Å². The summed E-state index contributed by atoms with van der Waals surface area (Å²) >= 11 is 12.0. The Morgan fingerprint density at radius 1 is 1.24 bits per heavy atom. The minimum absolute atomic E-state index is 0.646. The van der Waals surface area contributed by atoms with Crippen molar-refractivity contribution >= 4 is 23.2 Å². The van der Waals surface area contributed by atoms with E-state index in [0.29, 0.717) is 16.1 Å². The molecule has 1 N–H and O–H groups in total. The molecule has 0 heterocycles. The Bertz CT molecular complexity index is 378. The lowest BCUT2D eigenvalue weighted by Crippen LogP contribution is -2.25. The van der Waals surface area contributed by atoms with Crippen molar-refractivity contribution in [2.24, 2.45) is 5.92 Å².